The largest absolute Gasteiger partial charge is 0.455 e. The molecule has 5 N–H and O–H groups in total. The van der Waals surface area contributed by atoms with Gasteiger partial charge in [-0.15, -0.1) is 0 Å². The molecule has 0 spiro atoms. The Bertz CT molecular complexity index is 1320. The molecule has 14 heteroatoms. The normalized spacial score (nSPS) is 11.9. The highest BCUT2D eigenvalue weighted by Gasteiger charge is 2.39. The van der Waals surface area contributed by atoms with Crippen LogP contribution in [0.4, 0.5) is 39.3 Å². The second-order valence-electron chi connectivity index (χ2n) is 6.60. The Labute approximate surface area is 199 Å². The van der Waals surface area contributed by atoms with Gasteiger partial charge in [-0.25, -0.2) is 18.7 Å². The van der Waals surface area contributed by atoms with Gasteiger partial charge in [-0.2, -0.15) is 13.2 Å². The van der Waals surface area contributed by atoms with Gasteiger partial charge in [-0.3, -0.25) is 4.79 Å². The zero-order valence-electron chi connectivity index (χ0n) is 17.3. The summed E-state index contributed by atoms with van der Waals surface area (Å²) in [6.45, 7) is 0. The second-order valence-corrected chi connectivity index (χ2v) is 6.97. The van der Waals surface area contributed by atoms with Crippen molar-refractivity contribution >= 4 is 41.0 Å². The van der Waals surface area contributed by atoms with E-state index in [2.05, 4.69) is 9.97 Å². The molecule has 182 valence electrons. The van der Waals surface area contributed by atoms with Crippen molar-refractivity contribution in [2.75, 3.05) is 16.4 Å². The first kappa shape index (κ1) is 25.4. The summed E-state index contributed by atoms with van der Waals surface area (Å²) in [7, 11) is 0. The number of rotatable bonds is 7. The molecule has 1 amide bonds. The van der Waals surface area contributed by atoms with Gasteiger partial charge in [0.25, 0.3) is 5.91 Å². The van der Waals surface area contributed by atoms with Gasteiger partial charge in [0, 0.05) is 30.7 Å². The van der Waals surface area contributed by atoms with Crippen LogP contribution in [0.3, 0.4) is 0 Å². The lowest BCUT2D eigenvalue weighted by atomic mass is 10.1. The molecule has 0 saturated heterocycles. The van der Waals surface area contributed by atoms with Crippen molar-refractivity contribution in [3.05, 3.63) is 76.7 Å². The molecular weight excluding hydrogens is 499 g/mol. The van der Waals surface area contributed by atoms with Crippen LogP contribution >= 0.6 is 11.6 Å². The molecule has 0 aliphatic heterocycles. The monoisotopic (exact) mass is 512 g/mol. The van der Waals surface area contributed by atoms with Crippen molar-refractivity contribution in [1.29, 1.82) is 5.41 Å². The Morgan fingerprint density at radius 2 is 1.83 bits per heavy atom. The minimum atomic E-state index is -5.21. The number of anilines is 3. The molecule has 2 aromatic heterocycles. The number of alkyl halides is 3. The summed E-state index contributed by atoms with van der Waals surface area (Å²) in [6.07, 6.45) is -2.79. The molecule has 0 atom stereocenters. The predicted octanol–water partition coefficient (Wildman–Crippen LogP) is 5.30. The molecule has 8 nitrogen and oxygen atoms in total. The number of nitrogens with one attached hydrogen (secondary N) is 3. The lowest BCUT2D eigenvalue weighted by molar-refractivity contribution is -0.114. The number of ether oxygens (including phenoxy) is 1. The highest BCUT2D eigenvalue weighted by Crippen LogP contribution is 2.34. The van der Waals surface area contributed by atoms with E-state index in [1.165, 1.54) is 18.3 Å². The van der Waals surface area contributed by atoms with E-state index in [0.717, 1.165) is 30.5 Å². The molecule has 0 bridgehead atoms. The summed E-state index contributed by atoms with van der Waals surface area (Å²) in [5, 5.41) is 10.9. The highest BCUT2D eigenvalue weighted by atomic mass is 35.5. The van der Waals surface area contributed by atoms with Crippen LogP contribution in [0.2, 0.25) is 5.02 Å². The molecule has 3 rings (SSSR count). The van der Waals surface area contributed by atoms with E-state index in [9.17, 15) is 26.7 Å². The summed E-state index contributed by atoms with van der Waals surface area (Å²) in [5.74, 6) is -4.55. The van der Waals surface area contributed by atoms with Crippen molar-refractivity contribution in [1.82, 2.24) is 9.97 Å². The van der Waals surface area contributed by atoms with E-state index in [1.54, 1.807) is 5.32 Å². The quantitative estimate of drug-likeness (QED) is 0.193. The van der Waals surface area contributed by atoms with Gasteiger partial charge >= 0.3 is 6.18 Å². The Balaban J connectivity index is 1.88. The van der Waals surface area contributed by atoms with Crippen LogP contribution in [0, 0.1) is 17.0 Å². The van der Waals surface area contributed by atoms with Gasteiger partial charge < -0.3 is 26.5 Å². The average molecular weight is 513 g/mol. The summed E-state index contributed by atoms with van der Waals surface area (Å²) in [5.41, 5.74) is 2.02. The number of nitrogens with zero attached hydrogens (tertiary/aromatic N) is 2. The molecule has 0 unspecified atom stereocenters. The molecule has 2 heterocycles. The number of benzene rings is 1. The number of pyridine rings is 2. The van der Waals surface area contributed by atoms with E-state index < -0.39 is 46.5 Å². The van der Waals surface area contributed by atoms with Gasteiger partial charge in [0.15, 0.2) is 17.4 Å². The lowest BCUT2D eigenvalue weighted by Gasteiger charge is -2.17. The van der Waals surface area contributed by atoms with Gasteiger partial charge in [-0.1, -0.05) is 11.6 Å². The van der Waals surface area contributed by atoms with Crippen LogP contribution in [0.1, 0.15) is 0 Å². The fraction of sp³-hybridized carbons (Fsp3) is 0.0476. The van der Waals surface area contributed by atoms with Gasteiger partial charge in [0.05, 0.1) is 11.3 Å². The molecular formula is C21H14ClF5N6O2. The fourth-order valence-electron chi connectivity index (χ4n) is 2.64. The van der Waals surface area contributed by atoms with Crippen LogP contribution in [-0.4, -0.2) is 28.3 Å². The topological polar surface area (TPSA) is 126 Å². The first-order valence-corrected chi connectivity index (χ1v) is 9.77. The SMILES string of the molecule is N=C/C(C(=O)Nc1ccc(Oc2ccnc(N)c2Cl)cc1F)=C(\Nc1ncccc1F)C(F)(F)F. The van der Waals surface area contributed by atoms with Crippen LogP contribution in [0.25, 0.3) is 0 Å². The van der Waals surface area contributed by atoms with Crippen molar-refractivity contribution in [3.8, 4) is 11.5 Å². The van der Waals surface area contributed by atoms with Gasteiger partial charge in [0.2, 0.25) is 0 Å². The molecule has 0 saturated carbocycles. The number of amides is 1. The van der Waals surface area contributed by atoms with E-state index in [-0.39, 0.29) is 28.6 Å². The van der Waals surface area contributed by atoms with Crippen molar-refractivity contribution < 1.29 is 31.5 Å². The second kappa shape index (κ2) is 10.3. The molecule has 0 aliphatic carbocycles. The van der Waals surface area contributed by atoms with Crippen LogP contribution in [0.5, 0.6) is 11.5 Å². The van der Waals surface area contributed by atoms with E-state index in [1.807, 2.05) is 5.32 Å². The van der Waals surface area contributed by atoms with Crippen molar-refractivity contribution in [2.45, 2.75) is 6.18 Å². The third-order valence-corrected chi connectivity index (χ3v) is 4.62. The smallest absolute Gasteiger partial charge is 0.432 e. The third kappa shape index (κ3) is 6.00. The molecule has 0 radical (unpaired) electrons. The summed E-state index contributed by atoms with van der Waals surface area (Å²) < 4.78 is 74.6. The maximum absolute atomic E-state index is 14.6. The predicted molar refractivity (Wildman–Crippen MR) is 118 cm³/mol. The van der Waals surface area contributed by atoms with E-state index >= 15 is 0 Å². The average Bonchev–Trinajstić information content (AvgIpc) is 2.79. The Hall–Kier alpha value is -4.26. The van der Waals surface area contributed by atoms with Crippen molar-refractivity contribution in [2.24, 2.45) is 0 Å². The van der Waals surface area contributed by atoms with Gasteiger partial charge in [-0.05, 0) is 24.3 Å². The van der Waals surface area contributed by atoms with Gasteiger partial charge in [0.1, 0.15) is 28.1 Å². The van der Waals surface area contributed by atoms with Crippen LogP contribution < -0.4 is 21.1 Å². The number of nitrogen functional groups attached to an aromatic ring is 1. The number of halogens is 6. The summed E-state index contributed by atoms with van der Waals surface area (Å²) in [4.78, 5) is 19.7. The number of carbonyl (C=O) groups is 1. The van der Waals surface area contributed by atoms with Crippen LogP contribution in [-0.2, 0) is 4.79 Å². The first-order chi connectivity index (χ1) is 16.5. The zero-order chi connectivity index (χ0) is 25.8. The molecule has 35 heavy (non-hydrogen) atoms. The minimum Gasteiger partial charge on any atom is -0.455 e. The lowest BCUT2D eigenvalue weighted by Crippen LogP contribution is -2.28. The molecule has 1 aromatic carbocycles. The zero-order valence-corrected chi connectivity index (χ0v) is 18.0. The maximum Gasteiger partial charge on any atom is 0.432 e. The van der Waals surface area contributed by atoms with E-state index in [4.69, 9.17) is 27.5 Å². The van der Waals surface area contributed by atoms with E-state index in [0.29, 0.717) is 0 Å². The minimum absolute atomic E-state index is 0.0254. The Morgan fingerprint density at radius 3 is 2.46 bits per heavy atom. The molecule has 3 aromatic rings. The maximum atomic E-state index is 14.6. The summed E-state index contributed by atoms with van der Waals surface area (Å²) in [6, 6.07) is 6.41. The fourth-order valence-corrected chi connectivity index (χ4v) is 2.79. The molecule has 0 fully saturated rings. The number of nitrogens with two attached hydrogens (primary N) is 1. The number of allylic oxidation sites excluding steroid dienone is 1. The molecule has 0 aliphatic rings. The van der Waals surface area contributed by atoms with Crippen LogP contribution in [0.15, 0.2) is 60.1 Å². The highest BCUT2D eigenvalue weighted by molar-refractivity contribution is 6.34. The van der Waals surface area contributed by atoms with Crippen molar-refractivity contribution in [3.63, 3.8) is 0 Å². The third-order valence-electron chi connectivity index (χ3n) is 4.24. The summed E-state index contributed by atoms with van der Waals surface area (Å²) >= 11 is 5.95. The number of hydrogen-bond acceptors (Lipinski definition) is 7. The standard InChI is InChI=1S/C21H14ClF5N6O2/c22-16-15(5-7-30-18(16)29)35-10-3-4-14(13(24)8-10)32-20(34)11(9-28)17(21(25,26)27)33-19-12(23)2-1-6-31-19/h1-9,28H,(H2,29,30)(H,31,33)(H,32,34)/b17-11+,28-9?. The number of hydrogen-bond donors (Lipinski definition) is 4. The first-order valence-electron chi connectivity index (χ1n) is 9.39. The Morgan fingerprint density at radius 1 is 1.09 bits per heavy atom. The Kier molecular flexibility index (Phi) is 7.49. The number of carbonyl (C=O) groups excluding carboxylic acids is 1. The number of aromatic nitrogens is 2.